The van der Waals surface area contributed by atoms with Crippen molar-refractivity contribution in [1.82, 2.24) is 4.98 Å². The number of unbranched alkanes of at least 4 members (excludes halogenated alkanes) is 1. The third-order valence-electron chi connectivity index (χ3n) is 2.52. The highest BCUT2D eigenvalue weighted by Gasteiger charge is 1.95. The predicted molar refractivity (Wildman–Crippen MR) is 60.4 cm³/mol. The van der Waals surface area contributed by atoms with E-state index in [2.05, 4.69) is 36.2 Å². The number of fused-ring (bicyclic) bond motifs is 1. The summed E-state index contributed by atoms with van der Waals surface area (Å²) in [6.07, 6.45) is 7.48. The van der Waals surface area contributed by atoms with Gasteiger partial charge in [0, 0.05) is 17.8 Å². The summed E-state index contributed by atoms with van der Waals surface area (Å²) < 4.78 is 0. The average molecular weight is 185 g/mol. The van der Waals surface area contributed by atoms with E-state index in [0.29, 0.717) is 0 Å². The summed E-state index contributed by atoms with van der Waals surface area (Å²) in [6.45, 7) is 2.22. The molecular weight excluding hydrogens is 170 g/mol. The van der Waals surface area contributed by atoms with Crippen molar-refractivity contribution >= 4 is 10.8 Å². The van der Waals surface area contributed by atoms with Gasteiger partial charge in [-0.3, -0.25) is 4.98 Å². The molecule has 0 spiro atoms. The Morgan fingerprint density at radius 3 is 2.93 bits per heavy atom. The average Bonchev–Trinajstić information content (AvgIpc) is 2.26. The van der Waals surface area contributed by atoms with Crippen LogP contribution in [0.3, 0.4) is 0 Å². The highest BCUT2D eigenvalue weighted by Crippen LogP contribution is 2.15. The normalized spacial score (nSPS) is 10.6. The number of rotatable bonds is 3. The van der Waals surface area contributed by atoms with Crippen molar-refractivity contribution in [3.05, 3.63) is 42.2 Å². The topological polar surface area (TPSA) is 12.9 Å². The predicted octanol–water partition coefficient (Wildman–Crippen LogP) is 3.58. The monoisotopic (exact) mass is 185 g/mol. The largest absolute Gasteiger partial charge is 0.264 e. The van der Waals surface area contributed by atoms with E-state index in [0.717, 1.165) is 0 Å². The summed E-state index contributed by atoms with van der Waals surface area (Å²) in [6, 6.07) is 8.71. The van der Waals surface area contributed by atoms with E-state index in [-0.39, 0.29) is 0 Å². The summed E-state index contributed by atoms with van der Waals surface area (Å²) >= 11 is 0. The number of nitrogens with zero attached hydrogens (tertiary/aromatic N) is 1. The molecular formula is C13H15N. The Morgan fingerprint density at radius 2 is 2.07 bits per heavy atom. The van der Waals surface area contributed by atoms with Crippen LogP contribution in [0.25, 0.3) is 10.8 Å². The zero-order valence-corrected chi connectivity index (χ0v) is 8.53. The van der Waals surface area contributed by atoms with Gasteiger partial charge in [-0.25, -0.2) is 0 Å². The van der Waals surface area contributed by atoms with Gasteiger partial charge in [0.15, 0.2) is 0 Å². The molecule has 0 saturated carbocycles. The third kappa shape index (κ3) is 1.92. The molecule has 0 unspecified atom stereocenters. The molecule has 0 bridgehead atoms. The standard InChI is InChI=1S/C13H15N/c1-2-3-4-11-5-6-12-7-8-14-10-13(12)9-11/h5-10H,2-4H2,1H3. The molecule has 0 amide bonds. The fraction of sp³-hybridized carbons (Fsp3) is 0.308. The fourth-order valence-electron chi connectivity index (χ4n) is 1.67. The second-order valence-electron chi connectivity index (χ2n) is 3.66. The first-order valence-corrected chi connectivity index (χ1v) is 5.23. The van der Waals surface area contributed by atoms with Crippen LogP contribution in [0.5, 0.6) is 0 Å². The minimum Gasteiger partial charge on any atom is -0.264 e. The molecule has 0 aliphatic rings. The summed E-state index contributed by atoms with van der Waals surface area (Å²) in [5, 5.41) is 2.53. The molecule has 14 heavy (non-hydrogen) atoms. The molecule has 0 N–H and O–H groups in total. The Hall–Kier alpha value is -1.37. The smallest absolute Gasteiger partial charge is 0.0346 e. The molecule has 1 aromatic heterocycles. The Labute approximate surface area is 84.8 Å². The van der Waals surface area contributed by atoms with Crippen LogP contribution in [0.2, 0.25) is 0 Å². The maximum Gasteiger partial charge on any atom is 0.0346 e. The van der Waals surface area contributed by atoms with Crippen LogP contribution < -0.4 is 0 Å². The third-order valence-corrected chi connectivity index (χ3v) is 2.52. The van der Waals surface area contributed by atoms with Crippen molar-refractivity contribution in [2.45, 2.75) is 26.2 Å². The number of hydrogen-bond acceptors (Lipinski definition) is 1. The van der Waals surface area contributed by atoms with Crippen molar-refractivity contribution in [2.24, 2.45) is 0 Å². The van der Waals surface area contributed by atoms with Crippen molar-refractivity contribution in [3.8, 4) is 0 Å². The van der Waals surface area contributed by atoms with Crippen LogP contribution in [0, 0.1) is 0 Å². The lowest BCUT2D eigenvalue weighted by atomic mass is 10.0. The maximum absolute atomic E-state index is 4.13. The Morgan fingerprint density at radius 1 is 1.14 bits per heavy atom. The van der Waals surface area contributed by atoms with Gasteiger partial charge in [0.1, 0.15) is 0 Å². The summed E-state index contributed by atoms with van der Waals surface area (Å²) in [4.78, 5) is 4.13. The lowest BCUT2D eigenvalue weighted by Gasteiger charge is -2.01. The van der Waals surface area contributed by atoms with Crippen molar-refractivity contribution < 1.29 is 0 Å². The molecule has 0 aliphatic carbocycles. The SMILES string of the molecule is CCCCc1ccc2ccncc2c1. The van der Waals surface area contributed by atoms with E-state index < -0.39 is 0 Å². The first-order chi connectivity index (χ1) is 6.90. The highest BCUT2D eigenvalue weighted by atomic mass is 14.6. The van der Waals surface area contributed by atoms with E-state index in [9.17, 15) is 0 Å². The van der Waals surface area contributed by atoms with Gasteiger partial charge in [-0.1, -0.05) is 25.5 Å². The fourth-order valence-corrected chi connectivity index (χ4v) is 1.67. The molecule has 0 saturated heterocycles. The summed E-state index contributed by atoms with van der Waals surface area (Å²) in [5.74, 6) is 0. The van der Waals surface area contributed by atoms with Crippen LogP contribution in [-0.4, -0.2) is 4.98 Å². The van der Waals surface area contributed by atoms with Crippen molar-refractivity contribution in [1.29, 1.82) is 0 Å². The van der Waals surface area contributed by atoms with E-state index in [1.54, 1.807) is 0 Å². The Balaban J connectivity index is 2.32. The van der Waals surface area contributed by atoms with E-state index in [1.165, 1.54) is 35.6 Å². The minimum atomic E-state index is 1.18. The Bertz CT molecular complexity index is 420. The quantitative estimate of drug-likeness (QED) is 0.712. The number of aryl methyl sites for hydroxylation is 1. The van der Waals surface area contributed by atoms with Gasteiger partial charge in [-0.15, -0.1) is 0 Å². The second kappa shape index (κ2) is 4.23. The van der Waals surface area contributed by atoms with Gasteiger partial charge < -0.3 is 0 Å². The molecule has 0 radical (unpaired) electrons. The van der Waals surface area contributed by atoms with Crippen LogP contribution in [0.4, 0.5) is 0 Å². The Kier molecular flexibility index (Phi) is 2.78. The lowest BCUT2D eigenvalue weighted by Crippen LogP contribution is -1.84. The molecule has 2 rings (SSSR count). The summed E-state index contributed by atoms with van der Waals surface area (Å²) in [7, 11) is 0. The molecule has 0 aliphatic heterocycles. The number of hydrogen-bond donors (Lipinski definition) is 0. The molecule has 1 nitrogen and oxygen atoms in total. The maximum atomic E-state index is 4.13. The highest BCUT2D eigenvalue weighted by molar-refractivity contribution is 5.81. The van der Waals surface area contributed by atoms with E-state index >= 15 is 0 Å². The number of benzene rings is 1. The molecule has 1 aromatic carbocycles. The second-order valence-corrected chi connectivity index (χ2v) is 3.66. The van der Waals surface area contributed by atoms with Gasteiger partial charge in [-0.2, -0.15) is 0 Å². The van der Waals surface area contributed by atoms with Gasteiger partial charge in [0.05, 0.1) is 0 Å². The lowest BCUT2D eigenvalue weighted by molar-refractivity contribution is 0.796. The van der Waals surface area contributed by atoms with Crippen molar-refractivity contribution in [2.75, 3.05) is 0 Å². The van der Waals surface area contributed by atoms with Gasteiger partial charge in [-0.05, 0) is 35.9 Å². The van der Waals surface area contributed by atoms with Gasteiger partial charge >= 0.3 is 0 Å². The molecule has 0 fully saturated rings. The van der Waals surface area contributed by atoms with E-state index in [1.807, 2.05) is 12.4 Å². The zero-order chi connectivity index (χ0) is 9.80. The van der Waals surface area contributed by atoms with Crippen LogP contribution in [0.15, 0.2) is 36.7 Å². The van der Waals surface area contributed by atoms with Crippen LogP contribution in [-0.2, 0) is 6.42 Å². The van der Waals surface area contributed by atoms with Crippen LogP contribution >= 0.6 is 0 Å². The van der Waals surface area contributed by atoms with Crippen LogP contribution in [0.1, 0.15) is 25.3 Å². The number of pyridine rings is 1. The molecule has 1 heterocycles. The first-order valence-electron chi connectivity index (χ1n) is 5.23. The van der Waals surface area contributed by atoms with Crippen molar-refractivity contribution in [3.63, 3.8) is 0 Å². The summed E-state index contributed by atoms with van der Waals surface area (Å²) in [5.41, 5.74) is 1.42. The molecule has 0 atom stereocenters. The first kappa shape index (κ1) is 9.20. The van der Waals surface area contributed by atoms with Gasteiger partial charge in [0.2, 0.25) is 0 Å². The molecule has 72 valence electrons. The van der Waals surface area contributed by atoms with E-state index in [4.69, 9.17) is 0 Å². The molecule has 1 heteroatoms. The zero-order valence-electron chi connectivity index (χ0n) is 8.53. The van der Waals surface area contributed by atoms with Gasteiger partial charge in [0.25, 0.3) is 0 Å². The number of aromatic nitrogens is 1. The minimum absolute atomic E-state index is 1.18. The molecule has 2 aromatic rings.